The van der Waals surface area contributed by atoms with Gasteiger partial charge in [-0.25, -0.2) is 14.6 Å². The average Bonchev–Trinajstić information content (AvgIpc) is 3.23. The zero-order chi connectivity index (χ0) is 17.9. The molecule has 1 aliphatic carbocycles. The van der Waals surface area contributed by atoms with Gasteiger partial charge in [-0.05, 0) is 43.7 Å². The molecule has 1 saturated heterocycles. The summed E-state index contributed by atoms with van der Waals surface area (Å²) in [5.74, 6) is 1.61. The molecule has 2 aromatic heterocycles. The van der Waals surface area contributed by atoms with Crippen LogP contribution in [0.15, 0.2) is 31.0 Å². The van der Waals surface area contributed by atoms with Crippen molar-refractivity contribution in [1.29, 1.82) is 0 Å². The Morgan fingerprint density at radius 2 is 1.85 bits per heavy atom. The smallest absolute Gasteiger partial charge is 0.255 e. The van der Waals surface area contributed by atoms with Gasteiger partial charge < -0.3 is 4.90 Å². The maximum atomic E-state index is 12.8. The number of hydrogen-bond donors (Lipinski definition) is 0. The van der Waals surface area contributed by atoms with Gasteiger partial charge in [-0.1, -0.05) is 6.92 Å². The third kappa shape index (κ3) is 3.62. The number of amides is 1. The van der Waals surface area contributed by atoms with E-state index in [1.54, 1.807) is 23.3 Å². The Labute approximate surface area is 154 Å². The van der Waals surface area contributed by atoms with Crippen molar-refractivity contribution in [2.45, 2.75) is 38.6 Å². The average molecular weight is 354 g/mol. The fourth-order valence-corrected chi connectivity index (χ4v) is 4.05. The Morgan fingerprint density at radius 3 is 2.46 bits per heavy atom. The summed E-state index contributed by atoms with van der Waals surface area (Å²) < 4.78 is 1.58. The third-order valence-corrected chi connectivity index (χ3v) is 5.75. The minimum absolute atomic E-state index is 0.0690. The summed E-state index contributed by atoms with van der Waals surface area (Å²) >= 11 is 0. The van der Waals surface area contributed by atoms with Crippen molar-refractivity contribution in [3.8, 4) is 5.82 Å². The van der Waals surface area contributed by atoms with Gasteiger partial charge in [-0.2, -0.15) is 5.10 Å². The van der Waals surface area contributed by atoms with E-state index >= 15 is 0 Å². The van der Waals surface area contributed by atoms with Gasteiger partial charge in [-0.15, -0.1) is 0 Å². The Kier molecular flexibility index (Phi) is 4.97. The fourth-order valence-electron chi connectivity index (χ4n) is 4.05. The quantitative estimate of drug-likeness (QED) is 0.843. The highest BCUT2D eigenvalue weighted by Crippen LogP contribution is 2.27. The van der Waals surface area contributed by atoms with Gasteiger partial charge in [0.05, 0.1) is 5.56 Å². The SMILES string of the molecule is CC1CCC(N2CCN(C(=O)c3ccc(-n4cncn4)nc3)CC2)CC1. The molecule has 7 heteroatoms. The van der Waals surface area contributed by atoms with E-state index in [0.29, 0.717) is 17.4 Å². The first-order chi connectivity index (χ1) is 12.7. The lowest BCUT2D eigenvalue weighted by atomic mass is 9.86. The van der Waals surface area contributed by atoms with E-state index in [1.807, 2.05) is 11.0 Å². The Balaban J connectivity index is 1.33. The molecule has 0 atom stereocenters. The molecule has 3 heterocycles. The molecule has 4 rings (SSSR count). The maximum Gasteiger partial charge on any atom is 0.255 e. The van der Waals surface area contributed by atoms with Gasteiger partial charge in [0.25, 0.3) is 5.91 Å². The van der Waals surface area contributed by atoms with Crippen molar-refractivity contribution >= 4 is 5.91 Å². The molecule has 1 saturated carbocycles. The van der Waals surface area contributed by atoms with Crippen LogP contribution in [0, 0.1) is 5.92 Å². The van der Waals surface area contributed by atoms with Gasteiger partial charge in [0.1, 0.15) is 12.7 Å². The molecular formula is C19H26N6O. The number of nitrogens with zero attached hydrogens (tertiary/aromatic N) is 6. The number of aromatic nitrogens is 4. The summed E-state index contributed by atoms with van der Waals surface area (Å²) in [7, 11) is 0. The summed E-state index contributed by atoms with van der Waals surface area (Å²) in [6.07, 6.45) is 9.99. The molecule has 7 nitrogen and oxygen atoms in total. The number of pyridine rings is 1. The normalized spacial score (nSPS) is 24.6. The first-order valence-electron chi connectivity index (χ1n) is 9.55. The van der Waals surface area contributed by atoms with Crippen LogP contribution in [0.1, 0.15) is 43.0 Å². The molecule has 0 N–H and O–H groups in total. The first kappa shape index (κ1) is 17.1. The van der Waals surface area contributed by atoms with E-state index < -0.39 is 0 Å². The highest BCUT2D eigenvalue weighted by molar-refractivity contribution is 5.94. The van der Waals surface area contributed by atoms with E-state index in [2.05, 4.69) is 26.9 Å². The predicted molar refractivity (Wildman–Crippen MR) is 98.1 cm³/mol. The highest BCUT2D eigenvalue weighted by atomic mass is 16.2. The first-order valence-corrected chi connectivity index (χ1v) is 9.55. The van der Waals surface area contributed by atoms with Crippen LogP contribution in [-0.4, -0.2) is 67.7 Å². The molecule has 0 spiro atoms. The minimum atomic E-state index is 0.0690. The summed E-state index contributed by atoms with van der Waals surface area (Å²) in [5.41, 5.74) is 0.633. The predicted octanol–water partition coefficient (Wildman–Crippen LogP) is 2.00. The van der Waals surface area contributed by atoms with Crippen molar-refractivity contribution in [2.75, 3.05) is 26.2 Å². The fraction of sp³-hybridized carbons (Fsp3) is 0.579. The third-order valence-electron chi connectivity index (χ3n) is 5.75. The highest BCUT2D eigenvalue weighted by Gasteiger charge is 2.28. The van der Waals surface area contributed by atoms with Gasteiger partial charge >= 0.3 is 0 Å². The van der Waals surface area contributed by atoms with E-state index in [0.717, 1.165) is 32.1 Å². The second-order valence-corrected chi connectivity index (χ2v) is 7.49. The van der Waals surface area contributed by atoms with Crippen molar-refractivity contribution in [3.05, 3.63) is 36.5 Å². The van der Waals surface area contributed by atoms with Crippen molar-refractivity contribution in [1.82, 2.24) is 29.5 Å². The Hall–Kier alpha value is -2.28. The lowest BCUT2D eigenvalue weighted by Crippen LogP contribution is -2.52. The summed E-state index contributed by atoms with van der Waals surface area (Å²) in [5, 5.41) is 4.05. The minimum Gasteiger partial charge on any atom is -0.336 e. The molecule has 0 bridgehead atoms. The summed E-state index contributed by atoms with van der Waals surface area (Å²) in [4.78, 5) is 25.5. The lowest BCUT2D eigenvalue weighted by molar-refractivity contribution is 0.0501. The number of hydrogen-bond acceptors (Lipinski definition) is 5. The van der Waals surface area contributed by atoms with Crippen LogP contribution in [0.3, 0.4) is 0 Å². The molecule has 0 unspecified atom stereocenters. The standard InChI is InChI=1S/C19H26N6O/c1-15-2-5-17(6-3-15)23-8-10-24(11-9-23)19(26)16-4-7-18(21-12-16)25-14-20-13-22-25/h4,7,12-15,17H,2-3,5-6,8-11H2,1H3. The number of carbonyl (C=O) groups excluding carboxylic acids is 1. The summed E-state index contributed by atoms with van der Waals surface area (Å²) in [6.45, 7) is 5.92. The van der Waals surface area contributed by atoms with Crippen LogP contribution in [0.25, 0.3) is 5.82 Å². The van der Waals surface area contributed by atoms with Crippen molar-refractivity contribution < 1.29 is 4.79 Å². The molecule has 2 aromatic rings. The molecule has 2 fully saturated rings. The number of carbonyl (C=O) groups is 1. The van der Waals surface area contributed by atoms with Crippen LogP contribution in [0.5, 0.6) is 0 Å². The molecule has 1 amide bonds. The van der Waals surface area contributed by atoms with Crippen LogP contribution in [0.2, 0.25) is 0 Å². The molecule has 0 radical (unpaired) electrons. The van der Waals surface area contributed by atoms with E-state index in [1.165, 1.54) is 32.0 Å². The molecule has 2 aliphatic rings. The molecule has 138 valence electrons. The lowest BCUT2D eigenvalue weighted by Gasteiger charge is -2.41. The van der Waals surface area contributed by atoms with Crippen LogP contribution in [0.4, 0.5) is 0 Å². The molecule has 1 aliphatic heterocycles. The van der Waals surface area contributed by atoms with Crippen LogP contribution >= 0.6 is 0 Å². The Morgan fingerprint density at radius 1 is 1.08 bits per heavy atom. The van der Waals surface area contributed by atoms with Crippen LogP contribution < -0.4 is 0 Å². The second kappa shape index (κ2) is 7.53. The number of piperazine rings is 1. The van der Waals surface area contributed by atoms with Crippen molar-refractivity contribution in [3.63, 3.8) is 0 Å². The topological polar surface area (TPSA) is 67.2 Å². The van der Waals surface area contributed by atoms with Gasteiger partial charge in [0.2, 0.25) is 0 Å². The second-order valence-electron chi connectivity index (χ2n) is 7.49. The van der Waals surface area contributed by atoms with E-state index in [-0.39, 0.29) is 5.91 Å². The molecule has 0 aromatic carbocycles. The summed E-state index contributed by atoms with van der Waals surface area (Å²) in [6, 6.07) is 4.34. The van der Waals surface area contributed by atoms with Gasteiger partial charge in [0.15, 0.2) is 5.82 Å². The van der Waals surface area contributed by atoms with E-state index in [9.17, 15) is 4.79 Å². The van der Waals surface area contributed by atoms with Crippen LogP contribution in [-0.2, 0) is 0 Å². The van der Waals surface area contributed by atoms with Gasteiger partial charge in [0, 0.05) is 38.4 Å². The van der Waals surface area contributed by atoms with Gasteiger partial charge in [-0.3, -0.25) is 9.69 Å². The molecule has 26 heavy (non-hydrogen) atoms. The monoisotopic (exact) mass is 354 g/mol. The molecular weight excluding hydrogens is 328 g/mol. The zero-order valence-corrected chi connectivity index (χ0v) is 15.3. The maximum absolute atomic E-state index is 12.8. The number of rotatable bonds is 3. The van der Waals surface area contributed by atoms with E-state index in [4.69, 9.17) is 0 Å². The zero-order valence-electron chi connectivity index (χ0n) is 15.3. The Bertz CT molecular complexity index is 713. The van der Waals surface area contributed by atoms with Crippen molar-refractivity contribution in [2.24, 2.45) is 5.92 Å². The largest absolute Gasteiger partial charge is 0.336 e.